The van der Waals surface area contributed by atoms with E-state index in [1.54, 1.807) is 18.3 Å². The van der Waals surface area contributed by atoms with E-state index in [1.165, 1.54) is 16.9 Å². The number of fused-ring (bicyclic) bond motifs is 1. The van der Waals surface area contributed by atoms with E-state index < -0.39 is 0 Å². The highest BCUT2D eigenvalue weighted by molar-refractivity contribution is 7.14. The number of aryl methyl sites for hydroxylation is 3. The van der Waals surface area contributed by atoms with Gasteiger partial charge in [-0.2, -0.15) is 4.98 Å². The van der Waals surface area contributed by atoms with Crippen molar-refractivity contribution >= 4 is 17.2 Å². The standard InChI is InChI=1S/C19H27N3O2S/c1-12-21-17(24-22-12)6-5-9-20-18(23)16-11-13-10-14(19(2,3)4)7-8-15(13)25-16/h11,14H,5-10H2,1-4H3,(H,20,23)/t14-/m0/s1. The van der Waals surface area contributed by atoms with Crippen LogP contribution in [0.25, 0.3) is 0 Å². The molecule has 6 heteroatoms. The molecule has 0 fully saturated rings. The minimum atomic E-state index is 0.0356. The second kappa shape index (κ2) is 7.28. The van der Waals surface area contributed by atoms with Gasteiger partial charge in [0.15, 0.2) is 5.82 Å². The monoisotopic (exact) mass is 361 g/mol. The smallest absolute Gasteiger partial charge is 0.261 e. The molecule has 0 unspecified atom stereocenters. The lowest BCUT2D eigenvalue weighted by atomic mass is 9.72. The zero-order valence-electron chi connectivity index (χ0n) is 15.5. The largest absolute Gasteiger partial charge is 0.351 e. The summed E-state index contributed by atoms with van der Waals surface area (Å²) in [5.41, 5.74) is 1.71. The van der Waals surface area contributed by atoms with Crippen LogP contribution in [0.15, 0.2) is 10.6 Å². The number of hydrogen-bond donors (Lipinski definition) is 1. The maximum Gasteiger partial charge on any atom is 0.261 e. The number of carbonyl (C=O) groups is 1. The van der Waals surface area contributed by atoms with Crippen LogP contribution in [0.3, 0.4) is 0 Å². The fourth-order valence-electron chi connectivity index (χ4n) is 3.34. The van der Waals surface area contributed by atoms with Crippen molar-refractivity contribution in [3.63, 3.8) is 0 Å². The first kappa shape index (κ1) is 18.1. The van der Waals surface area contributed by atoms with Gasteiger partial charge < -0.3 is 9.84 Å². The number of nitrogens with zero attached hydrogens (tertiary/aromatic N) is 2. The quantitative estimate of drug-likeness (QED) is 0.819. The summed E-state index contributed by atoms with van der Waals surface area (Å²) in [7, 11) is 0. The van der Waals surface area contributed by atoms with E-state index in [1.807, 2.05) is 0 Å². The van der Waals surface area contributed by atoms with Crippen molar-refractivity contribution in [2.45, 2.75) is 59.8 Å². The summed E-state index contributed by atoms with van der Waals surface area (Å²) >= 11 is 1.66. The minimum absolute atomic E-state index is 0.0356. The molecule has 0 saturated carbocycles. The average molecular weight is 362 g/mol. The predicted molar refractivity (Wildman–Crippen MR) is 99.0 cm³/mol. The van der Waals surface area contributed by atoms with Gasteiger partial charge >= 0.3 is 0 Å². The van der Waals surface area contributed by atoms with Gasteiger partial charge in [-0.05, 0) is 55.6 Å². The Hall–Kier alpha value is -1.69. The third-order valence-electron chi connectivity index (χ3n) is 4.95. The number of aromatic nitrogens is 2. The van der Waals surface area contributed by atoms with Gasteiger partial charge in [0.2, 0.25) is 5.89 Å². The van der Waals surface area contributed by atoms with Gasteiger partial charge in [0.25, 0.3) is 5.91 Å². The van der Waals surface area contributed by atoms with Gasteiger partial charge in [-0.1, -0.05) is 25.9 Å². The third kappa shape index (κ3) is 4.48. The number of carbonyl (C=O) groups excluding carboxylic acids is 1. The van der Waals surface area contributed by atoms with E-state index in [0.29, 0.717) is 36.0 Å². The molecule has 0 aliphatic heterocycles. The van der Waals surface area contributed by atoms with E-state index >= 15 is 0 Å². The molecule has 1 amide bonds. The van der Waals surface area contributed by atoms with E-state index in [4.69, 9.17) is 4.52 Å². The van der Waals surface area contributed by atoms with Crippen LogP contribution in [0.2, 0.25) is 0 Å². The summed E-state index contributed by atoms with van der Waals surface area (Å²) in [6, 6.07) is 2.11. The Morgan fingerprint density at radius 1 is 1.44 bits per heavy atom. The molecule has 0 radical (unpaired) electrons. The molecule has 2 aromatic heterocycles. The molecule has 25 heavy (non-hydrogen) atoms. The molecule has 1 atom stereocenters. The Bertz CT molecular complexity index is 742. The summed E-state index contributed by atoms with van der Waals surface area (Å²) < 4.78 is 5.08. The fourth-order valence-corrected chi connectivity index (χ4v) is 4.47. The molecule has 5 nitrogen and oxygen atoms in total. The number of amides is 1. The molecule has 0 saturated heterocycles. The fraction of sp³-hybridized carbons (Fsp3) is 0.632. The molecule has 3 rings (SSSR count). The molecule has 2 heterocycles. The molecule has 0 spiro atoms. The second-order valence-corrected chi connectivity index (χ2v) is 9.10. The minimum Gasteiger partial charge on any atom is -0.351 e. The molecular weight excluding hydrogens is 334 g/mol. The van der Waals surface area contributed by atoms with Gasteiger partial charge in [-0.3, -0.25) is 4.79 Å². The van der Waals surface area contributed by atoms with Crippen LogP contribution in [0.5, 0.6) is 0 Å². The zero-order valence-corrected chi connectivity index (χ0v) is 16.3. The lowest BCUT2D eigenvalue weighted by molar-refractivity contribution is 0.0957. The molecule has 1 aliphatic rings. The van der Waals surface area contributed by atoms with Crippen LogP contribution in [0.4, 0.5) is 0 Å². The molecular formula is C19H27N3O2S. The molecule has 2 aromatic rings. The van der Waals surface area contributed by atoms with Gasteiger partial charge in [-0.15, -0.1) is 11.3 Å². The van der Waals surface area contributed by atoms with Crippen molar-refractivity contribution < 1.29 is 9.32 Å². The first-order valence-corrected chi connectivity index (χ1v) is 9.83. The maximum atomic E-state index is 12.4. The highest BCUT2D eigenvalue weighted by atomic mass is 32.1. The lowest BCUT2D eigenvalue weighted by Gasteiger charge is -2.33. The van der Waals surface area contributed by atoms with Crippen LogP contribution in [0.1, 0.15) is 65.4 Å². The van der Waals surface area contributed by atoms with E-state index in [0.717, 1.165) is 24.1 Å². The van der Waals surface area contributed by atoms with Gasteiger partial charge in [0.05, 0.1) is 4.88 Å². The van der Waals surface area contributed by atoms with Crippen molar-refractivity contribution in [2.24, 2.45) is 11.3 Å². The number of nitrogens with one attached hydrogen (secondary N) is 1. The van der Waals surface area contributed by atoms with Crippen molar-refractivity contribution in [1.29, 1.82) is 0 Å². The van der Waals surface area contributed by atoms with Gasteiger partial charge in [0, 0.05) is 17.8 Å². The maximum absolute atomic E-state index is 12.4. The molecule has 1 aliphatic carbocycles. The Balaban J connectivity index is 1.51. The Kier molecular flexibility index (Phi) is 5.27. The van der Waals surface area contributed by atoms with Gasteiger partial charge in [-0.25, -0.2) is 0 Å². The van der Waals surface area contributed by atoms with Crippen molar-refractivity contribution in [2.75, 3.05) is 6.54 Å². The highest BCUT2D eigenvalue weighted by Crippen LogP contribution is 2.40. The first-order chi connectivity index (χ1) is 11.8. The van der Waals surface area contributed by atoms with E-state index in [-0.39, 0.29) is 5.91 Å². The van der Waals surface area contributed by atoms with Gasteiger partial charge in [0.1, 0.15) is 0 Å². The Labute approximate surface area is 153 Å². The summed E-state index contributed by atoms with van der Waals surface area (Å²) in [5, 5.41) is 6.77. The van der Waals surface area contributed by atoms with Crippen LogP contribution in [0, 0.1) is 18.3 Å². The molecule has 1 N–H and O–H groups in total. The molecule has 136 valence electrons. The van der Waals surface area contributed by atoms with Crippen LogP contribution in [-0.4, -0.2) is 22.6 Å². The first-order valence-electron chi connectivity index (χ1n) is 9.02. The number of thiophene rings is 1. The SMILES string of the molecule is Cc1noc(CCCNC(=O)c2cc3c(s2)CC[C@H](C(C)(C)C)C3)n1. The zero-order chi connectivity index (χ0) is 18.0. The number of rotatable bonds is 5. The summed E-state index contributed by atoms with van der Waals surface area (Å²) in [6.07, 6.45) is 4.91. The summed E-state index contributed by atoms with van der Waals surface area (Å²) in [6.45, 7) is 9.36. The number of hydrogen-bond acceptors (Lipinski definition) is 5. The predicted octanol–water partition coefficient (Wildman–Crippen LogP) is 3.95. The Morgan fingerprint density at radius 2 is 2.24 bits per heavy atom. The van der Waals surface area contributed by atoms with Crippen molar-refractivity contribution in [3.8, 4) is 0 Å². The van der Waals surface area contributed by atoms with Crippen LogP contribution >= 0.6 is 11.3 Å². The van der Waals surface area contributed by atoms with E-state index in [9.17, 15) is 4.79 Å². The Morgan fingerprint density at radius 3 is 2.92 bits per heavy atom. The summed E-state index contributed by atoms with van der Waals surface area (Å²) in [4.78, 5) is 18.8. The average Bonchev–Trinajstić information content (AvgIpc) is 3.15. The normalized spacial score (nSPS) is 17.4. The molecule has 0 bridgehead atoms. The van der Waals surface area contributed by atoms with Crippen molar-refractivity contribution in [3.05, 3.63) is 33.1 Å². The van der Waals surface area contributed by atoms with Crippen LogP contribution < -0.4 is 5.32 Å². The highest BCUT2D eigenvalue weighted by Gasteiger charge is 2.30. The lowest BCUT2D eigenvalue weighted by Crippen LogP contribution is -2.26. The van der Waals surface area contributed by atoms with E-state index in [2.05, 4.69) is 42.3 Å². The van der Waals surface area contributed by atoms with Crippen LogP contribution in [-0.2, 0) is 19.3 Å². The molecule has 0 aromatic carbocycles. The third-order valence-corrected chi connectivity index (χ3v) is 6.19. The topological polar surface area (TPSA) is 68.0 Å². The second-order valence-electron chi connectivity index (χ2n) is 7.96. The van der Waals surface area contributed by atoms with Crippen molar-refractivity contribution in [1.82, 2.24) is 15.5 Å². The summed E-state index contributed by atoms with van der Waals surface area (Å²) in [5.74, 6) is 2.01.